The van der Waals surface area contributed by atoms with E-state index in [1.165, 1.54) is 5.56 Å². The highest BCUT2D eigenvalue weighted by atomic mass is 16.5. The zero-order chi connectivity index (χ0) is 24.1. The lowest BCUT2D eigenvalue weighted by atomic mass is 9.97. The van der Waals surface area contributed by atoms with Crippen molar-refractivity contribution in [3.8, 4) is 11.5 Å². The largest absolute Gasteiger partial charge is 0.497 e. The van der Waals surface area contributed by atoms with Crippen LogP contribution < -0.4 is 9.47 Å². The van der Waals surface area contributed by atoms with Crippen molar-refractivity contribution < 1.29 is 14.3 Å². The first-order valence-electron chi connectivity index (χ1n) is 11.4. The molecule has 6 heteroatoms. The minimum Gasteiger partial charge on any atom is -0.497 e. The fourth-order valence-electron chi connectivity index (χ4n) is 4.25. The van der Waals surface area contributed by atoms with Crippen LogP contribution >= 0.6 is 0 Å². The Bertz CT molecular complexity index is 1160. The Hall–Kier alpha value is -3.64. The first-order chi connectivity index (χ1) is 16.5. The van der Waals surface area contributed by atoms with Crippen LogP contribution in [0.2, 0.25) is 0 Å². The van der Waals surface area contributed by atoms with Crippen LogP contribution in [0.15, 0.2) is 77.9 Å². The highest BCUT2D eigenvalue weighted by Gasteiger charge is 2.35. The van der Waals surface area contributed by atoms with Crippen molar-refractivity contribution in [2.75, 3.05) is 27.8 Å². The molecule has 0 bridgehead atoms. The number of methoxy groups -OCH3 is 2. The Morgan fingerprint density at radius 3 is 2.44 bits per heavy atom. The van der Waals surface area contributed by atoms with Crippen molar-refractivity contribution in [2.45, 2.75) is 25.9 Å². The normalized spacial score (nSPS) is 15.4. The van der Waals surface area contributed by atoms with E-state index in [9.17, 15) is 4.79 Å². The summed E-state index contributed by atoms with van der Waals surface area (Å²) in [5, 5.41) is 6.44. The van der Waals surface area contributed by atoms with Gasteiger partial charge in [-0.1, -0.05) is 60.2 Å². The Morgan fingerprint density at radius 2 is 1.76 bits per heavy atom. The first-order valence-corrected chi connectivity index (χ1v) is 11.4. The van der Waals surface area contributed by atoms with Crippen LogP contribution in [0, 0.1) is 6.92 Å². The molecular weight excluding hydrogens is 426 g/mol. The molecule has 0 aromatic heterocycles. The molecule has 1 unspecified atom stereocenters. The van der Waals surface area contributed by atoms with Gasteiger partial charge in [0.25, 0.3) is 5.91 Å². The fraction of sp³-hybridized carbons (Fsp3) is 0.286. The second-order valence-corrected chi connectivity index (χ2v) is 8.64. The molecule has 6 nitrogen and oxygen atoms in total. The summed E-state index contributed by atoms with van der Waals surface area (Å²) in [5.74, 6) is 1.34. The van der Waals surface area contributed by atoms with Crippen LogP contribution in [-0.4, -0.2) is 49.3 Å². The second kappa shape index (κ2) is 10.5. The van der Waals surface area contributed by atoms with Crippen molar-refractivity contribution in [1.29, 1.82) is 0 Å². The number of ether oxygens (including phenoxy) is 2. The number of carbonyl (C=O) groups excluding carboxylic acids is 1. The van der Waals surface area contributed by atoms with Gasteiger partial charge < -0.3 is 9.47 Å². The summed E-state index contributed by atoms with van der Waals surface area (Å²) in [6.45, 7) is 3.00. The monoisotopic (exact) mass is 457 g/mol. The minimum absolute atomic E-state index is 0.0524. The lowest BCUT2D eigenvalue weighted by Gasteiger charge is -2.26. The molecule has 1 aliphatic rings. The Morgan fingerprint density at radius 1 is 1.03 bits per heavy atom. The molecule has 0 radical (unpaired) electrons. The van der Waals surface area contributed by atoms with Gasteiger partial charge in [0.2, 0.25) is 0 Å². The van der Waals surface area contributed by atoms with E-state index in [-0.39, 0.29) is 18.5 Å². The molecule has 3 aromatic rings. The topological polar surface area (TPSA) is 54.4 Å². The quantitative estimate of drug-likeness (QED) is 0.487. The van der Waals surface area contributed by atoms with Crippen molar-refractivity contribution in [3.63, 3.8) is 0 Å². The molecule has 3 aromatic carbocycles. The zero-order valence-corrected chi connectivity index (χ0v) is 20.2. The number of benzene rings is 3. The standard InChI is InChI=1S/C28H31N3O3/c1-20-10-12-22(13-11-20)25-17-26(24-15-14-23(33-3)16-27(24)34-4)31(29-25)28(32)19-30(2)18-21-8-6-5-7-9-21/h5-16,26H,17-19H2,1-4H3. The Balaban J connectivity index is 1.62. The van der Waals surface area contributed by atoms with Gasteiger partial charge in [0.1, 0.15) is 11.5 Å². The third-order valence-electron chi connectivity index (χ3n) is 6.05. The number of likely N-dealkylation sites (N-methyl/N-ethyl adjacent to an activating group) is 1. The maximum atomic E-state index is 13.5. The van der Waals surface area contributed by atoms with Gasteiger partial charge in [0, 0.05) is 24.6 Å². The number of carbonyl (C=O) groups is 1. The third kappa shape index (κ3) is 5.29. The Kier molecular flexibility index (Phi) is 7.28. The zero-order valence-electron chi connectivity index (χ0n) is 20.2. The summed E-state index contributed by atoms with van der Waals surface area (Å²) >= 11 is 0. The fourth-order valence-corrected chi connectivity index (χ4v) is 4.25. The van der Waals surface area contributed by atoms with Crippen LogP contribution in [0.3, 0.4) is 0 Å². The molecule has 34 heavy (non-hydrogen) atoms. The number of hydrazone groups is 1. The van der Waals surface area contributed by atoms with Crippen LogP contribution in [-0.2, 0) is 11.3 Å². The maximum Gasteiger partial charge on any atom is 0.257 e. The van der Waals surface area contributed by atoms with E-state index >= 15 is 0 Å². The smallest absolute Gasteiger partial charge is 0.257 e. The van der Waals surface area contributed by atoms with E-state index in [1.807, 2.05) is 48.3 Å². The van der Waals surface area contributed by atoms with Gasteiger partial charge in [0.05, 0.1) is 32.5 Å². The number of amides is 1. The highest BCUT2D eigenvalue weighted by molar-refractivity contribution is 6.03. The molecule has 1 atom stereocenters. The number of aryl methyl sites for hydroxylation is 1. The van der Waals surface area contributed by atoms with Crippen molar-refractivity contribution in [3.05, 3.63) is 95.1 Å². The lowest BCUT2D eigenvalue weighted by molar-refractivity contribution is -0.134. The SMILES string of the molecule is COc1ccc(C2CC(c3ccc(C)cc3)=NN2C(=O)CN(C)Cc2ccccc2)c(OC)c1. The molecule has 176 valence electrons. The molecule has 0 fully saturated rings. The van der Waals surface area contributed by atoms with Gasteiger partial charge in [-0.2, -0.15) is 5.10 Å². The molecule has 1 amide bonds. The average Bonchev–Trinajstić information content (AvgIpc) is 3.30. The minimum atomic E-state index is -0.255. The lowest BCUT2D eigenvalue weighted by Crippen LogP contribution is -2.36. The van der Waals surface area contributed by atoms with Gasteiger partial charge in [-0.05, 0) is 37.2 Å². The van der Waals surface area contributed by atoms with Crippen molar-refractivity contribution in [1.82, 2.24) is 9.91 Å². The van der Waals surface area contributed by atoms with Gasteiger partial charge in [0.15, 0.2) is 0 Å². The molecule has 1 heterocycles. The summed E-state index contributed by atoms with van der Waals surface area (Å²) in [5.41, 5.74) is 5.17. The van der Waals surface area contributed by atoms with Gasteiger partial charge in [-0.25, -0.2) is 5.01 Å². The Labute approximate surface area is 201 Å². The summed E-state index contributed by atoms with van der Waals surface area (Å²) < 4.78 is 11.0. The predicted molar refractivity (Wildman–Crippen MR) is 134 cm³/mol. The second-order valence-electron chi connectivity index (χ2n) is 8.64. The first kappa shape index (κ1) is 23.5. The summed E-state index contributed by atoms with van der Waals surface area (Å²) in [7, 11) is 5.21. The predicted octanol–water partition coefficient (Wildman–Crippen LogP) is 4.82. The summed E-state index contributed by atoms with van der Waals surface area (Å²) in [6, 6.07) is 23.9. The van der Waals surface area contributed by atoms with Gasteiger partial charge >= 0.3 is 0 Å². The van der Waals surface area contributed by atoms with E-state index in [1.54, 1.807) is 19.2 Å². The number of hydrogen-bond acceptors (Lipinski definition) is 5. The van der Waals surface area contributed by atoms with E-state index in [4.69, 9.17) is 14.6 Å². The van der Waals surface area contributed by atoms with Crippen molar-refractivity contribution in [2.24, 2.45) is 5.10 Å². The molecule has 0 saturated carbocycles. The highest BCUT2D eigenvalue weighted by Crippen LogP contribution is 2.39. The van der Waals surface area contributed by atoms with Crippen LogP contribution in [0.25, 0.3) is 0 Å². The summed E-state index contributed by atoms with van der Waals surface area (Å²) in [6.07, 6.45) is 0.611. The third-order valence-corrected chi connectivity index (χ3v) is 6.05. The van der Waals surface area contributed by atoms with Gasteiger partial charge in [-0.15, -0.1) is 0 Å². The average molecular weight is 458 g/mol. The van der Waals surface area contributed by atoms with Crippen molar-refractivity contribution >= 4 is 11.6 Å². The van der Waals surface area contributed by atoms with E-state index < -0.39 is 0 Å². The molecule has 0 saturated heterocycles. The van der Waals surface area contributed by atoms with E-state index in [2.05, 4.69) is 43.3 Å². The van der Waals surface area contributed by atoms with E-state index in [0.717, 1.165) is 22.4 Å². The number of rotatable bonds is 8. The van der Waals surface area contributed by atoms with E-state index in [0.29, 0.717) is 24.5 Å². The van der Waals surface area contributed by atoms with Crippen LogP contribution in [0.4, 0.5) is 0 Å². The van der Waals surface area contributed by atoms with Gasteiger partial charge in [-0.3, -0.25) is 9.69 Å². The molecule has 0 N–H and O–H groups in total. The maximum absolute atomic E-state index is 13.5. The summed E-state index contributed by atoms with van der Waals surface area (Å²) in [4.78, 5) is 15.5. The number of hydrogen-bond donors (Lipinski definition) is 0. The molecule has 1 aliphatic heterocycles. The number of nitrogens with zero attached hydrogens (tertiary/aromatic N) is 3. The molecular formula is C28H31N3O3. The molecule has 4 rings (SSSR count). The molecule has 0 aliphatic carbocycles. The van der Waals surface area contributed by atoms with Crippen LogP contribution in [0.1, 0.15) is 34.7 Å². The molecule has 0 spiro atoms. The van der Waals surface area contributed by atoms with Crippen LogP contribution in [0.5, 0.6) is 11.5 Å².